The van der Waals surface area contributed by atoms with Crippen molar-refractivity contribution in [3.63, 3.8) is 0 Å². The van der Waals surface area contributed by atoms with Crippen molar-refractivity contribution in [3.8, 4) is 11.8 Å². The molecule has 32 heavy (non-hydrogen) atoms. The lowest BCUT2D eigenvalue weighted by Gasteiger charge is -2.13. The van der Waals surface area contributed by atoms with Crippen LogP contribution in [0.5, 0.6) is 5.75 Å². The molecule has 0 saturated carbocycles. The van der Waals surface area contributed by atoms with Crippen LogP contribution in [0.4, 0.5) is 10.1 Å². The highest BCUT2D eigenvalue weighted by molar-refractivity contribution is 9.10. The zero-order valence-electron chi connectivity index (χ0n) is 17.4. The van der Waals surface area contributed by atoms with Crippen LogP contribution in [-0.2, 0) is 11.2 Å². The van der Waals surface area contributed by atoms with Crippen molar-refractivity contribution in [1.29, 1.82) is 5.26 Å². The molecule has 3 aromatic rings. The summed E-state index contributed by atoms with van der Waals surface area (Å²) in [5.41, 5.74) is 3.03. The van der Waals surface area contributed by atoms with Crippen molar-refractivity contribution in [1.82, 2.24) is 0 Å². The summed E-state index contributed by atoms with van der Waals surface area (Å²) in [7, 11) is 1.51. The number of nitrogens with zero attached hydrogens (tertiary/aromatic N) is 1. The lowest BCUT2D eigenvalue weighted by molar-refractivity contribution is -0.112. The molecule has 3 rings (SSSR count). The summed E-state index contributed by atoms with van der Waals surface area (Å²) >= 11 is 9.61. The van der Waals surface area contributed by atoms with Gasteiger partial charge in [0.2, 0.25) is 0 Å². The largest absolute Gasteiger partial charge is 0.496 e. The van der Waals surface area contributed by atoms with Crippen LogP contribution in [0.1, 0.15) is 22.3 Å². The molecule has 1 amide bonds. The zero-order valence-corrected chi connectivity index (χ0v) is 19.7. The smallest absolute Gasteiger partial charge is 0.266 e. The van der Waals surface area contributed by atoms with Gasteiger partial charge in [-0.3, -0.25) is 4.79 Å². The Bertz CT molecular complexity index is 1250. The molecule has 0 spiro atoms. The van der Waals surface area contributed by atoms with E-state index in [0.29, 0.717) is 44.0 Å². The Morgan fingerprint density at radius 1 is 1.25 bits per heavy atom. The van der Waals surface area contributed by atoms with E-state index in [0.717, 1.165) is 5.56 Å². The van der Waals surface area contributed by atoms with Gasteiger partial charge in [-0.2, -0.15) is 5.26 Å². The van der Waals surface area contributed by atoms with E-state index in [2.05, 4.69) is 21.2 Å². The molecule has 0 atom stereocenters. The van der Waals surface area contributed by atoms with E-state index in [4.69, 9.17) is 16.3 Å². The second kappa shape index (κ2) is 10.4. The fraction of sp³-hybridized carbons (Fsp3) is 0.120. The van der Waals surface area contributed by atoms with Crippen LogP contribution in [0.2, 0.25) is 5.02 Å². The number of amides is 1. The number of anilines is 1. The number of ether oxygens (including phenoxy) is 1. The Labute approximate surface area is 199 Å². The van der Waals surface area contributed by atoms with Gasteiger partial charge < -0.3 is 10.1 Å². The second-order valence-electron chi connectivity index (χ2n) is 6.99. The van der Waals surface area contributed by atoms with E-state index in [-0.39, 0.29) is 11.4 Å². The van der Waals surface area contributed by atoms with Gasteiger partial charge in [0.05, 0.1) is 7.11 Å². The number of hydrogen-bond acceptors (Lipinski definition) is 3. The maximum atomic E-state index is 14.1. The average Bonchev–Trinajstić information content (AvgIpc) is 2.77. The van der Waals surface area contributed by atoms with E-state index in [9.17, 15) is 14.4 Å². The maximum absolute atomic E-state index is 14.1. The van der Waals surface area contributed by atoms with Crippen molar-refractivity contribution in [3.05, 3.63) is 97.7 Å². The SMILES string of the molecule is COc1cc(/C=C(\C#N)C(=O)Nc2cccc(Cl)c2C)cc(Br)c1Cc1ccccc1F. The predicted octanol–water partition coefficient (Wildman–Crippen LogP) is 6.70. The first-order chi connectivity index (χ1) is 15.3. The molecule has 0 heterocycles. The Kier molecular flexibility index (Phi) is 7.68. The molecule has 4 nitrogen and oxygen atoms in total. The number of rotatable bonds is 6. The van der Waals surface area contributed by atoms with Crippen molar-refractivity contribution < 1.29 is 13.9 Å². The van der Waals surface area contributed by atoms with Crippen LogP contribution in [0.3, 0.4) is 0 Å². The molecule has 0 aromatic heterocycles. The molecule has 0 bridgehead atoms. The minimum Gasteiger partial charge on any atom is -0.496 e. The number of carbonyl (C=O) groups is 1. The van der Waals surface area contributed by atoms with Crippen LogP contribution >= 0.6 is 27.5 Å². The van der Waals surface area contributed by atoms with Gasteiger partial charge in [0.1, 0.15) is 23.2 Å². The number of nitrogens with one attached hydrogen (secondary N) is 1. The Morgan fingerprint density at radius 2 is 2.00 bits per heavy atom. The van der Waals surface area contributed by atoms with Crippen LogP contribution < -0.4 is 10.1 Å². The molecule has 0 aliphatic heterocycles. The number of nitriles is 1. The first-order valence-electron chi connectivity index (χ1n) is 9.62. The minimum atomic E-state index is -0.552. The number of carbonyl (C=O) groups excluding carboxylic acids is 1. The fourth-order valence-corrected chi connectivity index (χ4v) is 3.92. The summed E-state index contributed by atoms with van der Waals surface area (Å²) in [6, 6.07) is 17.1. The average molecular weight is 514 g/mol. The maximum Gasteiger partial charge on any atom is 0.266 e. The predicted molar refractivity (Wildman–Crippen MR) is 128 cm³/mol. The molecule has 3 aromatic carbocycles. The van der Waals surface area contributed by atoms with E-state index in [1.807, 2.05) is 6.07 Å². The molecule has 0 aliphatic carbocycles. The highest BCUT2D eigenvalue weighted by Gasteiger charge is 2.15. The summed E-state index contributed by atoms with van der Waals surface area (Å²) in [5, 5.41) is 12.8. The first kappa shape index (κ1) is 23.5. The molecular weight excluding hydrogens is 495 g/mol. The molecular formula is C25H19BrClFN2O2. The Balaban J connectivity index is 1.91. The molecule has 0 unspecified atom stereocenters. The van der Waals surface area contributed by atoms with Gasteiger partial charge in [-0.25, -0.2) is 4.39 Å². The standard InChI is InChI=1S/C25H19BrClFN2O2/c1-15-21(27)7-5-9-23(15)30-25(31)18(14-29)10-16-11-20(26)19(24(12-16)32-2)13-17-6-3-4-8-22(17)28/h3-12H,13H2,1-2H3,(H,30,31)/b18-10+. The lowest BCUT2D eigenvalue weighted by atomic mass is 10.0. The molecule has 0 aliphatic rings. The van der Waals surface area contributed by atoms with Crippen LogP contribution in [0.15, 0.2) is 64.6 Å². The summed E-state index contributed by atoms with van der Waals surface area (Å²) in [5.74, 6) is -0.342. The van der Waals surface area contributed by atoms with E-state index < -0.39 is 5.91 Å². The molecule has 0 saturated heterocycles. The molecule has 162 valence electrons. The van der Waals surface area contributed by atoms with Crippen LogP contribution in [-0.4, -0.2) is 13.0 Å². The summed E-state index contributed by atoms with van der Waals surface area (Å²) < 4.78 is 20.3. The molecule has 7 heteroatoms. The fourth-order valence-electron chi connectivity index (χ4n) is 3.15. The van der Waals surface area contributed by atoms with Crippen molar-refractivity contribution >= 4 is 45.2 Å². The number of hydrogen-bond donors (Lipinski definition) is 1. The first-order valence-corrected chi connectivity index (χ1v) is 10.8. The highest BCUT2D eigenvalue weighted by Crippen LogP contribution is 2.32. The van der Waals surface area contributed by atoms with E-state index in [1.54, 1.807) is 55.5 Å². The minimum absolute atomic E-state index is 0.0832. The summed E-state index contributed by atoms with van der Waals surface area (Å²) in [6.07, 6.45) is 1.79. The third-order valence-corrected chi connectivity index (χ3v) is 6.03. The second-order valence-corrected chi connectivity index (χ2v) is 8.25. The van der Waals surface area contributed by atoms with Gasteiger partial charge in [-0.05, 0) is 60.0 Å². The summed E-state index contributed by atoms with van der Waals surface area (Å²) in [4.78, 5) is 12.7. The van der Waals surface area contributed by atoms with Gasteiger partial charge in [0.15, 0.2) is 0 Å². The molecule has 0 fully saturated rings. The highest BCUT2D eigenvalue weighted by atomic mass is 79.9. The summed E-state index contributed by atoms with van der Waals surface area (Å²) in [6.45, 7) is 1.78. The Hall–Kier alpha value is -3.14. The zero-order chi connectivity index (χ0) is 23.3. The normalized spacial score (nSPS) is 11.1. The number of methoxy groups -OCH3 is 1. The topological polar surface area (TPSA) is 62.1 Å². The van der Waals surface area contributed by atoms with Crippen LogP contribution in [0, 0.1) is 24.1 Å². The van der Waals surface area contributed by atoms with Gasteiger partial charge in [-0.1, -0.05) is 51.8 Å². The van der Waals surface area contributed by atoms with Crippen LogP contribution in [0.25, 0.3) is 6.08 Å². The molecule has 0 radical (unpaired) electrons. The number of benzene rings is 3. The monoisotopic (exact) mass is 512 g/mol. The van der Waals surface area contributed by atoms with E-state index in [1.165, 1.54) is 19.3 Å². The van der Waals surface area contributed by atoms with Crippen molar-refractivity contribution in [2.24, 2.45) is 0 Å². The van der Waals surface area contributed by atoms with Gasteiger partial charge >= 0.3 is 0 Å². The third kappa shape index (κ3) is 5.37. The number of halogens is 3. The quantitative estimate of drug-likeness (QED) is 0.295. The van der Waals surface area contributed by atoms with Gasteiger partial charge in [0.25, 0.3) is 5.91 Å². The van der Waals surface area contributed by atoms with E-state index >= 15 is 0 Å². The van der Waals surface area contributed by atoms with Crippen molar-refractivity contribution in [2.45, 2.75) is 13.3 Å². The van der Waals surface area contributed by atoms with Gasteiger partial charge in [0, 0.05) is 27.2 Å². The third-order valence-electron chi connectivity index (χ3n) is 4.91. The van der Waals surface area contributed by atoms with Crippen molar-refractivity contribution in [2.75, 3.05) is 12.4 Å². The Morgan fingerprint density at radius 3 is 2.69 bits per heavy atom. The van der Waals surface area contributed by atoms with Gasteiger partial charge in [-0.15, -0.1) is 0 Å². The molecule has 1 N–H and O–H groups in total. The lowest BCUT2D eigenvalue weighted by Crippen LogP contribution is -2.14.